The van der Waals surface area contributed by atoms with Crippen LogP contribution >= 0.6 is 11.8 Å². The average molecular weight is 526 g/mol. The van der Waals surface area contributed by atoms with Gasteiger partial charge in [-0.05, 0) is 36.0 Å². The molecule has 37 heavy (non-hydrogen) atoms. The third-order valence-electron chi connectivity index (χ3n) is 6.00. The van der Waals surface area contributed by atoms with Gasteiger partial charge in [0.15, 0.2) is 18.1 Å². The van der Waals surface area contributed by atoms with Crippen molar-refractivity contribution in [2.45, 2.75) is 0 Å². The molecule has 2 aromatic carbocycles. The number of amides is 3. The Bertz CT molecular complexity index is 1210. The number of imide groups is 1. The summed E-state index contributed by atoms with van der Waals surface area (Å²) in [4.78, 5) is 55.1. The molecule has 11 heteroatoms. The molecule has 2 saturated heterocycles. The smallest absolute Gasteiger partial charge is 0.343 e. The van der Waals surface area contributed by atoms with Crippen LogP contribution in [-0.4, -0.2) is 86.4 Å². The summed E-state index contributed by atoms with van der Waals surface area (Å²) in [5, 5.41) is -0.521. The maximum atomic E-state index is 13.0. The van der Waals surface area contributed by atoms with Crippen LogP contribution in [0.3, 0.4) is 0 Å². The molecule has 0 unspecified atom stereocenters. The zero-order valence-corrected chi connectivity index (χ0v) is 21.4. The van der Waals surface area contributed by atoms with E-state index < -0.39 is 17.1 Å². The molecule has 0 saturated carbocycles. The summed E-state index contributed by atoms with van der Waals surface area (Å²) in [6, 6.07) is 15.0. The molecule has 0 radical (unpaired) electrons. The van der Waals surface area contributed by atoms with Crippen LogP contribution in [0.4, 0.5) is 10.5 Å². The molecule has 3 amide bonds. The van der Waals surface area contributed by atoms with Gasteiger partial charge in [0.1, 0.15) is 6.54 Å². The third-order valence-corrected chi connectivity index (χ3v) is 6.91. The molecule has 0 aliphatic carbocycles. The second kappa shape index (κ2) is 11.8. The monoisotopic (exact) mass is 525 g/mol. The Morgan fingerprint density at radius 2 is 1.70 bits per heavy atom. The number of esters is 1. The molecule has 0 bridgehead atoms. The highest BCUT2D eigenvalue weighted by Gasteiger charge is 2.37. The van der Waals surface area contributed by atoms with Gasteiger partial charge in [-0.15, -0.1) is 0 Å². The number of ether oxygens (including phenoxy) is 3. The zero-order chi connectivity index (χ0) is 26.4. The maximum Gasteiger partial charge on any atom is 0.343 e. The molecule has 2 aliphatic rings. The SMILES string of the molecule is COC(=O)COc1c(/C=C2/SC(=O)N(CC(=O)N3CCN(c4ccccc4)CC3)C2=O)cccc1OC. The Balaban J connectivity index is 1.42. The molecule has 0 atom stereocenters. The van der Waals surface area contributed by atoms with Crippen LogP contribution in [0.25, 0.3) is 6.08 Å². The van der Waals surface area contributed by atoms with Crippen molar-refractivity contribution in [3.8, 4) is 11.5 Å². The van der Waals surface area contributed by atoms with Crippen molar-refractivity contribution >= 4 is 46.5 Å². The summed E-state index contributed by atoms with van der Waals surface area (Å²) in [7, 11) is 2.69. The minimum Gasteiger partial charge on any atom is -0.493 e. The number of hydrogen-bond donors (Lipinski definition) is 0. The van der Waals surface area contributed by atoms with Crippen LogP contribution in [0.2, 0.25) is 0 Å². The van der Waals surface area contributed by atoms with E-state index in [2.05, 4.69) is 9.64 Å². The molecule has 2 aliphatic heterocycles. The van der Waals surface area contributed by atoms with Crippen molar-refractivity contribution in [1.82, 2.24) is 9.80 Å². The third kappa shape index (κ3) is 6.05. The van der Waals surface area contributed by atoms with E-state index in [0.29, 0.717) is 37.5 Å². The van der Waals surface area contributed by atoms with Gasteiger partial charge in [0.05, 0.1) is 19.1 Å². The van der Waals surface area contributed by atoms with Crippen LogP contribution < -0.4 is 14.4 Å². The van der Waals surface area contributed by atoms with E-state index in [0.717, 1.165) is 22.3 Å². The fraction of sp³-hybridized carbons (Fsp3) is 0.308. The Labute approximate surface area is 218 Å². The Hall–Kier alpha value is -3.99. The number of carbonyl (C=O) groups excluding carboxylic acids is 4. The highest BCUT2D eigenvalue weighted by molar-refractivity contribution is 8.18. The summed E-state index contributed by atoms with van der Waals surface area (Å²) in [6.07, 6.45) is 1.49. The van der Waals surface area contributed by atoms with Crippen molar-refractivity contribution < 1.29 is 33.4 Å². The first-order valence-corrected chi connectivity index (χ1v) is 12.4. The Morgan fingerprint density at radius 1 is 0.973 bits per heavy atom. The molecule has 194 valence electrons. The van der Waals surface area contributed by atoms with Gasteiger partial charge >= 0.3 is 5.97 Å². The van der Waals surface area contributed by atoms with Gasteiger partial charge in [0, 0.05) is 37.4 Å². The standard InChI is InChI=1S/C26H27N3O7S/c1-34-20-10-6-7-18(24(20)36-17-23(31)35-2)15-21-25(32)29(26(33)37-21)16-22(30)28-13-11-27(12-14-28)19-8-4-3-5-9-19/h3-10,15H,11-14,16-17H2,1-2H3/b21-15+. The van der Waals surface area contributed by atoms with E-state index in [1.54, 1.807) is 23.1 Å². The lowest BCUT2D eigenvalue weighted by atomic mass is 10.1. The van der Waals surface area contributed by atoms with Crippen LogP contribution in [0, 0.1) is 0 Å². The fourth-order valence-corrected chi connectivity index (χ4v) is 4.85. The number of rotatable bonds is 8. The van der Waals surface area contributed by atoms with Gasteiger partial charge < -0.3 is 24.0 Å². The number of methoxy groups -OCH3 is 2. The second-order valence-corrected chi connectivity index (χ2v) is 9.21. The largest absolute Gasteiger partial charge is 0.493 e. The molecule has 4 rings (SSSR count). The van der Waals surface area contributed by atoms with E-state index in [1.165, 1.54) is 20.3 Å². The normalized spacial score (nSPS) is 16.8. The number of benzene rings is 2. The van der Waals surface area contributed by atoms with Gasteiger partial charge in [-0.2, -0.15) is 0 Å². The topological polar surface area (TPSA) is 106 Å². The van der Waals surface area contributed by atoms with Crippen LogP contribution in [-0.2, 0) is 19.1 Å². The van der Waals surface area contributed by atoms with Crippen molar-refractivity contribution in [2.75, 3.05) is 58.5 Å². The minimum absolute atomic E-state index is 0.142. The molecule has 0 spiro atoms. The molecule has 10 nitrogen and oxygen atoms in total. The molecule has 2 aromatic rings. The van der Waals surface area contributed by atoms with Crippen LogP contribution in [0.1, 0.15) is 5.56 Å². The average Bonchev–Trinajstić information content (AvgIpc) is 3.19. The molecule has 2 fully saturated rings. The first-order valence-electron chi connectivity index (χ1n) is 11.6. The summed E-state index contributed by atoms with van der Waals surface area (Å²) in [6.45, 7) is 1.67. The summed E-state index contributed by atoms with van der Waals surface area (Å²) >= 11 is 0.746. The van der Waals surface area contributed by atoms with Crippen molar-refractivity contribution in [2.24, 2.45) is 0 Å². The van der Waals surface area contributed by atoms with Gasteiger partial charge in [-0.25, -0.2) is 4.79 Å². The summed E-state index contributed by atoms with van der Waals surface area (Å²) in [5.74, 6) is -0.843. The number of thioether (sulfide) groups is 1. The highest BCUT2D eigenvalue weighted by atomic mass is 32.2. The molecular weight excluding hydrogens is 498 g/mol. The van der Waals surface area contributed by atoms with Gasteiger partial charge in [-0.1, -0.05) is 30.3 Å². The first-order chi connectivity index (χ1) is 17.9. The van der Waals surface area contributed by atoms with Crippen LogP contribution in [0.5, 0.6) is 11.5 Å². The molecule has 2 heterocycles. The summed E-state index contributed by atoms with van der Waals surface area (Å²) < 4.78 is 15.5. The predicted molar refractivity (Wildman–Crippen MR) is 138 cm³/mol. The first kappa shape index (κ1) is 26.1. The van der Waals surface area contributed by atoms with Crippen molar-refractivity contribution in [1.29, 1.82) is 0 Å². The number of hydrogen-bond acceptors (Lipinski definition) is 9. The molecular formula is C26H27N3O7S. The second-order valence-electron chi connectivity index (χ2n) is 8.21. The minimum atomic E-state index is -0.583. The fourth-order valence-electron chi connectivity index (χ4n) is 4.02. The number of para-hydroxylation sites is 2. The van der Waals surface area contributed by atoms with Crippen molar-refractivity contribution in [3.05, 3.63) is 59.0 Å². The summed E-state index contributed by atoms with van der Waals surface area (Å²) in [5.41, 5.74) is 1.54. The number of anilines is 1. The number of carbonyl (C=O) groups is 4. The molecule has 0 N–H and O–H groups in total. The van der Waals surface area contributed by atoms with E-state index in [1.807, 2.05) is 30.3 Å². The van der Waals surface area contributed by atoms with E-state index in [9.17, 15) is 19.2 Å². The van der Waals surface area contributed by atoms with Gasteiger partial charge in [0.25, 0.3) is 11.1 Å². The Morgan fingerprint density at radius 3 is 2.38 bits per heavy atom. The van der Waals surface area contributed by atoms with Gasteiger partial charge in [0.2, 0.25) is 5.91 Å². The van der Waals surface area contributed by atoms with Crippen molar-refractivity contribution in [3.63, 3.8) is 0 Å². The molecule has 0 aromatic heterocycles. The highest BCUT2D eigenvalue weighted by Crippen LogP contribution is 2.37. The lowest BCUT2D eigenvalue weighted by molar-refractivity contribution is -0.143. The Kier molecular flexibility index (Phi) is 8.34. The van der Waals surface area contributed by atoms with Gasteiger partial charge in [-0.3, -0.25) is 19.3 Å². The quantitative estimate of drug-likeness (QED) is 0.380. The number of piperazine rings is 1. The lowest BCUT2D eigenvalue weighted by Crippen LogP contribution is -2.51. The zero-order valence-electron chi connectivity index (χ0n) is 20.5. The predicted octanol–water partition coefficient (Wildman–Crippen LogP) is 2.63. The van der Waals surface area contributed by atoms with Crippen LogP contribution in [0.15, 0.2) is 53.4 Å². The van der Waals surface area contributed by atoms with E-state index >= 15 is 0 Å². The number of nitrogens with zero attached hydrogens (tertiary/aromatic N) is 3. The van der Waals surface area contributed by atoms with E-state index in [4.69, 9.17) is 9.47 Å². The maximum absolute atomic E-state index is 13.0. The van der Waals surface area contributed by atoms with E-state index in [-0.39, 0.29) is 29.7 Å². The lowest BCUT2D eigenvalue weighted by Gasteiger charge is -2.36.